The van der Waals surface area contributed by atoms with Crippen LogP contribution in [-0.4, -0.2) is 49.8 Å². The maximum absolute atomic E-state index is 14.6. The van der Waals surface area contributed by atoms with E-state index in [9.17, 15) is 9.18 Å². The number of ether oxygens (including phenoxy) is 1. The minimum atomic E-state index is -1.03. The molecule has 0 aromatic heterocycles. The first kappa shape index (κ1) is 13.5. The molecule has 0 aromatic rings. The number of nitrogens with zero attached hydrogens (tertiary/aromatic N) is 1. The number of rotatable bonds is 3. The van der Waals surface area contributed by atoms with Crippen molar-refractivity contribution < 1.29 is 13.9 Å². The van der Waals surface area contributed by atoms with Crippen LogP contribution < -0.4 is 5.32 Å². The summed E-state index contributed by atoms with van der Waals surface area (Å²) in [6.45, 7) is 5.86. The summed E-state index contributed by atoms with van der Waals surface area (Å²) in [7, 11) is 0. The van der Waals surface area contributed by atoms with Gasteiger partial charge < -0.3 is 10.1 Å². The SMILES string of the molecule is CC1=C(C(F)CN2CCNCC2)C=CC2C(=O)OC=C12. The smallest absolute Gasteiger partial charge is 0.322 e. The molecule has 0 aromatic carbocycles. The van der Waals surface area contributed by atoms with Crippen molar-refractivity contribution in [3.05, 3.63) is 35.1 Å². The summed E-state index contributed by atoms with van der Waals surface area (Å²) in [5.74, 6) is -0.614. The third-order valence-corrected chi connectivity index (χ3v) is 4.19. The molecule has 0 radical (unpaired) electrons. The van der Waals surface area contributed by atoms with Gasteiger partial charge in [-0.05, 0) is 18.1 Å². The van der Waals surface area contributed by atoms with E-state index in [2.05, 4.69) is 10.2 Å². The number of allylic oxidation sites excluding steroid dienone is 2. The van der Waals surface area contributed by atoms with Crippen molar-refractivity contribution in [2.75, 3.05) is 32.7 Å². The Balaban J connectivity index is 1.73. The third-order valence-electron chi connectivity index (χ3n) is 4.19. The van der Waals surface area contributed by atoms with Gasteiger partial charge in [-0.3, -0.25) is 9.69 Å². The molecule has 1 aliphatic carbocycles. The Labute approximate surface area is 118 Å². The van der Waals surface area contributed by atoms with Crippen molar-refractivity contribution in [3.63, 3.8) is 0 Å². The molecule has 0 amide bonds. The fourth-order valence-electron chi connectivity index (χ4n) is 2.95. The molecule has 1 saturated heterocycles. The van der Waals surface area contributed by atoms with Crippen molar-refractivity contribution in [2.24, 2.45) is 5.92 Å². The van der Waals surface area contributed by atoms with Gasteiger partial charge in [0.15, 0.2) is 0 Å². The van der Waals surface area contributed by atoms with E-state index in [1.807, 2.05) is 6.92 Å². The van der Waals surface area contributed by atoms with Crippen LogP contribution in [0, 0.1) is 5.92 Å². The van der Waals surface area contributed by atoms with E-state index >= 15 is 0 Å². The first-order valence-corrected chi connectivity index (χ1v) is 7.04. The second kappa shape index (κ2) is 5.50. The molecular weight excluding hydrogens is 259 g/mol. The third kappa shape index (κ3) is 2.43. The number of hydrogen-bond donors (Lipinski definition) is 1. The molecule has 3 rings (SSSR count). The zero-order valence-electron chi connectivity index (χ0n) is 11.6. The van der Waals surface area contributed by atoms with Gasteiger partial charge in [0.05, 0.1) is 6.26 Å². The Kier molecular flexibility index (Phi) is 3.72. The maximum Gasteiger partial charge on any atom is 0.322 e. The zero-order valence-corrected chi connectivity index (χ0v) is 11.6. The van der Waals surface area contributed by atoms with E-state index < -0.39 is 6.17 Å². The molecule has 4 nitrogen and oxygen atoms in total. The topological polar surface area (TPSA) is 41.6 Å². The molecule has 2 heterocycles. The predicted molar refractivity (Wildman–Crippen MR) is 73.7 cm³/mol. The average Bonchev–Trinajstić information content (AvgIpc) is 2.83. The summed E-state index contributed by atoms with van der Waals surface area (Å²) in [6, 6.07) is 0. The van der Waals surface area contributed by atoms with E-state index in [0.29, 0.717) is 12.1 Å². The molecule has 2 aliphatic heterocycles. The number of cyclic esters (lactones) is 1. The first-order chi connectivity index (χ1) is 9.66. The lowest BCUT2D eigenvalue weighted by Crippen LogP contribution is -2.46. The minimum Gasteiger partial charge on any atom is -0.433 e. The second-order valence-electron chi connectivity index (χ2n) is 5.45. The molecule has 1 fully saturated rings. The number of esters is 1. The number of carbonyl (C=O) groups excluding carboxylic acids is 1. The number of halogens is 1. The molecule has 1 N–H and O–H groups in total. The lowest BCUT2D eigenvalue weighted by atomic mass is 9.85. The lowest BCUT2D eigenvalue weighted by Gasteiger charge is -2.29. The van der Waals surface area contributed by atoms with Crippen LogP contribution in [0.15, 0.2) is 35.1 Å². The number of piperazine rings is 1. The fraction of sp³-hybridized carbons (Fsp3) is 0.533. The highest BCUT2D eigenvalue weighted by Crippen LogP contribution is 2.35. The van der Waals surface area contributed by atoms with E-state index in [1.54, 1.807) is 12.2 Å². The van der Waals surface area contributed by atoms with Crippen molar-refractivity contribution in [2.45, 2.75) is 13.1 Å². The Bertz CT molecular complexity index is 504. The van der Waals surface area contributed by atoms with Crippen molar-refractivity contribution in [1.82, 2.24) is 10.2 Å². The van der Waals surface area contributed by atoms with Crippen molar-refractivity contribution in [3.8, 4) is 0 Å². The van der Waals surface area contributed by atoms with Crippen LogP contribution in [0.1, 0.15) is 6.92 Å². The largest absolute Gasteiger partial charge is 0.433 e. The van der Waals surface area contributed by atoms with Gasteiger partial charge >= 0.3 is 5.97 Å². The van der Waals surface area contributed by atoms with Crippen LogP contribution in [0.3, 0.4) is 0 Å². The van der Waals surface area contributed by atoms with Gasteiger partial charge in [0.1, 0.15) is 12.1 Å². The van der Waals surface area contributed by atoms with Crippen molar-refractivity contribution in [1.29, 1.82) is 0 Å². The molecule has 20 heavy (non-hydrogen) atoms. The van der Waals surface area contributed by atoms with Crippen LogP contribution in [0.4, 0.5) is 4.39 Å². The lowest BCUT2D eigenvalue weighted by molar-refractivity contribution is -0.137. The van der Waals surface area contributed by atoms with Gasteiger partial charge in [-0.15, -0.1) is 0 Å². The van der Waals surface area contributed by atoms with Gasteiger partial charge in [-0.25, -0.2) is 4.39 Å². The highest BCUT2D eigenvalue weighted by atomic mass is 19.1. The van der Waals surface area contributed by atoms with Crippen LogP contribution >= 0.6 is 0 Å². The first-order valence-electron chi connectivity index (χ1n) is 7.04. The van der Waals surface area contributed by atoms with Gasteiger partial charge in [-0.2, -0.15) is 0 Å². The maximum atomic E-state index is 14.6. The van der Waals surface area contributed by atoms with Crippen molar-refractivity contribution >= 4 is 5.97 Å². The minimum absolute atomic E-state index is 0.271. The average molecular weight is 278 g/mol. The molecule has 2 unspecified atom stereocenters. The van der Waals surface area contributed by atoms with Crippen LogP contribution in [0.2, 0.25) is 0 Å². The normalized spacial score (nSPS) is 28.2. The molecule has 108 valence electrons. The Morgan fingerprint density at radius 1 is 1.50 bits per heavy atom. The van der Waals surface area contributed by atoms with E-state index in [1.165, 1.54) is 6.26 Å². The molecule has 0 spiro atoms. The summed E-state index contributed by atoms with van der Waals surface area (Å²) >= 11 is 0. The highest BCUT2D eigenvalue weighted by Gasteiger charge is 2.34. The number of hydrogen-bond acceptors (Lipinski definition) is 4. The van der Waals surface area contributed by atoms with E-state index in [0.717, 1.165) is 37.3 Å². The second-order valence-corrected chi connectivity index (χ2v) is 5.45. The molecule has 5 heteroatoms. The van der Waals surface area contributed by atoms with Crippen LogP contribution in [0.25, 0.3) is 0 Å². The summed E-state index contributed by atoms with van der Waals surface area (Å²) in [6.07, 6.45) is 3.93. The van der Waals surface area contributed by atoms with Crippen LogP contribution in [-0.2, 0) is 9.53 Å². The van der Waals surface area contributed by atoms with E-state index in [4.69, 9.17) is 4.74 Å². The molecule has 3 aliphatic rings. The number of carbonyl (C=O) groups is 1. The summed E-state index contributed by atoms with van der Waals surface area (Å²) < 4.78 is 19.5. The Morgan fingerprint density at radius 2 is 2.25 bits per heavy atom. The van der Waals surface area contributed by atoms with Gasteiger partial charge in [0, 0.05) is 38.3 Å². The molecule has 0 bridgehead atoms. The number of fused-ring (bicyclic) bond motifs is 1. The standard InChI is InChI=1S/C15H19FN2O2/c1-10-11(2-3-12-13(10)9-20-15(12)19)14(16)8-18-6-4-17-5-7-18/h2-3,9,12,14,17H,4-8H2,1H3. The molecule has 2 atom stereocenters. The zero-order chi connectivity index (χ0) is 14.1. The monoisotopic (exact) mass is 278 g/mol. The predicted octanol–water partition coefficient (Wildman–Crippen LogP) is 1.17. The molecular formula is C15H19FN2O2. The number of alkyl halides is 1. The number of nitrogens with one attached hydrogen (secondary N) is 1. The van der Waals surface area contributed by atoms with Gasteiger partial charge in [0.2, 0.25) is 0 Å². The van der Waals surface area contributed by atoms with E-state index in [-0.39, 0.29) is 11.9 Å². The van der Waals surface area contributed by atoms with Crippen LogP contribution in [0.5, 0.6) is 0 Å². The Morgan fingerprint density at radius 3 is 3.00 bits per heavy atom. The fourth-order valence-corrected chi connectivity index (χ4v) is 2.95. The summed E-state index contributed by atoms with van der Waals surface area (Å²) in [5.41, 5.74) is 2.31. The van der Waals surface area contributed by atoms with Gasteiger partial charge in [-0.1, -0.05) is 12.2 Å². The quantitative estimate of drug-likeness (QED) is 0.787. The summed E-state index contributed by atoms with van der Waals surface area (Å²) in [4.78, 5) is 13.6. The Hall–Kier alpha value is -1.46. The highest BCUT2D eigenvalue weighted by molar-refractivity contribution is 5.84. The summed E-state index contributed by atoms with van der Waals surface area (Å²) in [5, 5.41) is 3.26. The molecule has 0 saturated carbocycles. The van der Waals surface area contributed by atoms with Gasteiger partial charge in [0.25, 0.3) is 0 Å².